The zero-order chi connectivity index (χ0) is 12.0. The number of piperidine rings is 1. The SMILES string of the molecule is CCC(C(N)=O)N(CC)CC1CCNCC1. The van der Waals surface area contributed by atoms with Gasteiger partial charge in [-0.25, -0.2) is 0 Å². The molecule has 4 heteroatoms. The maximum Gasteiger partial charge on any atom is 0.234 e. The molecule has 1 atom stereocenters. The molecule has 0 aromatic carbocycles. The lowest BCUT2D eigenvalue weighted by atomic mass is 9.96. The van der Waals surface area contributed by atoms with E-state index >= 15 is 0 Å². The average molecular weight is 227 g/mol. The number of amides is 1. The van der Waals surface area contributed by atoms with Crippen LogP contribution in [0.3, 0.4) is 0 Å². The number of nitrogens with one attached hydrogen (secondary N) is 1. The van der Waals surface area contributed by atoms with Crippen LogP contribution in [0.5, 0.6) is 0 Å². The molecule has 94 valence electrons. The molecule has 1 rings (SSSR count). The molecule has 0 saturated carbocycles. The maximum absolute atomic E-state index is 11.3. The molecule has 1 fully saturated rings. The largest absolute Gasteiger partial charge is 0.368 e. The van der Waals surface area contributed by atoms with Crippen LogP contribution in [0.2, 0.25) is 0 Å². The second-order valence-electron chi connectivity index (χ2n) is 4.61. The minimum atomic E-state index is -0.182. The van der Waals surface area contributed by atoms with Gasteiger partial charge < -0.3 is 11.1 Å². The summed E-state index contributed by atoms with van der Waals surface area (Å²) < 4.78 is 0. The highest BCUT2D eigenvalue weighted by Gasteiger charge is 2.24. The van der Waals surface area contributed by atoms with Crippen molar-refractivity contribution in [3.63, 3.8) is 0 Å². The average Bonchev–Trinajstić information content (AvgIpc) is 2.29. The Morgan fingerprint density at radius 2 is 2.06 bits per heavy atom. The number of nitrogens with zero attached hydrogens (tertiary/aromatic N) is 1. The van der Waals surface area contributed by atoms with Gasteiger partial charge in [-0.2, -0.15) is 0 Å². The number of primary amides is 1. The van der Waals surface area contributed by atoms with Gasteiger partial charge in [0, 0.05) is 6.54 Å². The van der Waals surface area contributed by atoms with Crippen molar-refractivity contribution in [2.75, 3.05) is 26.2 Å². The van der Waals surface area contributed by atoms with Gasteiger partial charge in [0.15, 0.2) is 0 Å². The minimum Gasteiger partial charge on any atom is -0.368 e. The Bertz CT molecular complexity index is 214. The van der Waals surface area contributed by atoms with Gasteiger partial charge in [0.1, 0.15) is 0 Å². The first-order valence-corrected chi connectivity index (χ1v) is 6.43. The summed E-state index contributed by atoms with van der Waals surface area (Å²) >= 11 is 0. The summed E-state index contributed by atoms with van der Waals surface area (Å²) in [6.45, 7) is 8.27. The fourth-order valence-electron chi connectivity index (χ4n) is 2.51. The Morgan fingerprint density at radius 1 is 1.44 bits per heavy atom. The molecule has 1 amide bonds. The molecule has 0 bridgehead atoms. The summed E-state index contributed by atoms with van der Waals surface area (Å²) in [4.78, 5) is 13.6. The predicted molar refractivity (Wildman–Crippen MR) is 66.1 cm³/mol. The standard InChI is InChI=1S/C12H25N3O/c1-3-11(12(13)16)15(4-2)9-10-5-7-14-8-6-10/h10-11,14H,3-9H2,1-2H3,(H2,13,16). The van der Waals surface area contributed by atoms with Crippen molar-refractivity contribution in [2.24, 2.45) is 11.7 Å². The maximum atomic E-state index is 11.3. The van der Waals surface area contributed by atoms with Gasteiger partial charge in [0.25, 0.3) is 0 Å². The molecule has 16 heavy (non-hydrogen) atoms. The van der Waals surface area contributed by atoms with Gasteiger partial charge in [0.05, 0.1) is 6.04 Å². The van der Waals surface area contributed by atoms with Crippen LogP contribution in [-0.4, -0.2) is 43.0 Å². The number of carbonyl (C=O) groups excluding carboxylic acids is 1. The molecule has 1 unspecified atom stereocenters. The van der Waals surface area contributed by atoms with E-state index in [2.05, 4.69) is 17.1 Å². The molecule has 3 N–H and O–H groups in total. The molecule has 4 nitrogen and oxygen atoms in total. The van der Waals surface area contributed by atoms with E-state index in [1.165, 1.54) is 12.8 Å². The van der Waals surface area contributed by atoms with Crippen molar-refractivity contribution in [2.45, 2.75) is 39.2 Å². The smallest absolute Gasteiger partial charge is 0.234 e. The van der Waals surface area contributed by atoms with Crippen molar-refractivity contribution < 1.29 is 4.79 Å². The molecule has 0 aromatic heterocycles. The summed E-state index contributed by atoms with van der Waals surface area (Å²) in [5.74, 6) is 0.535. The fourth-order valence-corrected chi connectivity index (χ4v) is 2.51. The third kappa shape index (κ3) is 3.76. The van der Waals surface area contributed by atoms with Gasteiger partial charge in [-0.1, -0.05) is 13.8 Å². The summed E-state index contributed by atoms with van der Waals surface area (Å²) in [7, 11) is 0. The minimum absolute atomic E-state index is 0.0834. The highest BCUT2D eigenvalue weighted by Crippen LogP contribution is 2.15. The molecule has 1 aliphatic heterocycles. The molecule has 0 spiro atoms. The Balaban J connectivity index is 2.48. The van der Waals surface area contributed by atoms with Gasteiger partial charge in [-0.05, 0) is 44.8 Å². The monoisotopic (exact) mass is 227 g/mol. The van der Waals surface area contributed by atoms with E-state index in [1.807, 2.05) is 6.92 Å². The number of rotatable bonds is 6. The van der Waals surface area contributed by atoms with Crippen LogP contribution in [0.25, 0.3) is 0 Å². The van der Waals surface area contributed by atoms with Crippen LogP contribution in [0.1, 0.15) is 33.1 Å². The second kappa shape index (κ2) is 6.86. The van der Waals surface area contributed by atoms with Crippen molar-refractivity contribution >= 4 is 5.91 Å². The summed E-state index contributed by atoms with van der Waals surface area (Å²) in [5.41, 5.74) is 5.44. The number of hydrogen-bond donors (Lipinski definition) is 2. The molecular formula is C12H25N3O. The first-order chi connectivity index (χ1) is 7.69. The molecule has 0 aromatic rings. The van der Waals surface area contributed by atoms with E-state index in [1.54, 1.807) is 0 Å². The normalized spacial score (nSPS) is 19.9. The molecule has 1 heterocycles. The summed E-state index contributed by atoms with van der Waals surface area (Å²) in [5, 5.41) is 3.36. The zero-order valence-corrected chi connectivity index (χ0v) is 10.5. The lowest BCUT2D eigenvalue weighted by molar-refractivity contribution is -0.123. The Kier molecular flexibility index (Phi) is 5.77. The van der Waals surface area contributed by atoms with Gasteiger partial charge in [-0.3, -0.25) is 9.69 Å². The van der Waals surface area contributed by atoms with Gasteiger partial charge in [0.2, 0.25) is 5.91 Å². The van der Waals surface area contributed by atoms with Crippen molar-refractivity contribution in [3.8, 4) is 0 Å². The molecule has 0 radical (unpaired) electrons. The fraction of sp³-hybridized carbons (Fsp3) is 0.917. The highest BCUT2D eigenvalue weighted by atomic mass is 16.1. The van der Waals surface area contributed by atoms with E-state index in [9.17, 15) is 4.79 Å². The molecule has 1 saturated heterocycles. The highest BCUT2D eigenvalue weighted by molar-refractivity contribution is 5.79. The zero-order valence-electron chi connectivity index (χ0n) is 10.5. The van der Waals surface area contributed by atoms with Crippen LogP contribution in [0.4, 0.5) is 0 Å². The van der Waals surface area contributed by atoms with Crippen molar-refractivity contribution in [1.29, 1.82) is 0 Å². The topological polar surface area (TPSA) is 58.4 Å². The second-order valence-corrected chi connectivity index (χ2v) is 4.61. The van der Waals surface area contributed by atoms with Crippen LogP contribution in [0, 0.1) is 5.92 Å². The Morgan fingerprint density at radius 3 is 2.50 bits per heavy atom. The summed E-state index contributed by atoms with van der Waals surface area (Å²) in [6.07, 6.45) is 3.24. The van der Waals surface area contributed by atoms with Crippen molar-refractivity contribution in [3.05, 3.63) is 0 Å². The Hall–Kier alpha value is -0.610. The third-order valence-electron chi connectivity index (χ3n) is 3.51. The van der Waals surface area contributed by atoms with Gasteiger partial charge in [-0.15, -0.1) is 0 Å². The van der Waals surface area contributed by atoms with E-state index in [0.717, 1.165) is 38.5 Å². The van der Waals surface area contributed by atoms with Crippen molar-refractivity contribution in [1.82, 2.24) is 10.2 Å². The molecular weight excluding hydrogens is 202 g/mol. The van der Waals surface area contributed by atoms with E-state index in [4.69, 9.17) is 5.73 Å². The lowest BCUT2D eigenvalue weighted by Crippen LogP contribution is -2.47. The predicted octanol–water partition coefficient (Wildman–Crippen LogP) is 0.572. The van der Waals surface area contributed by atoms with E-state index in [-0.39, 0.29) is 11.9 Å². The number of likely N-dealkylation sites (N-methyl/N-ethyl adjacent to an activating group) is 1. The number of carbonyl (C=O) groups is 1. The third-order valence-corrected chi connectivity index (χ3v) is 3.51. The summed E-state index contributed by atoms with van der Waals surface area (Å²) in [6, 6.07) is -0.0834. The molecule has 1 aliphatic rings. The van der Waals surface area contributed by atoms with Crippen LogP contribution < -0.4 is 11.1 Å². The quantitative estimate of drug-likeness (QED) is 0.697. The number of hydrogen-bond acceptors (Lipinski definition) is 3. The van der Waals surface area contributed by atoms with E-state index < -0.39 is 0 Å². The lowest BCUT2D eigenvalue weighted by Gasteiger charge is -2.33. The first kappa shape index (κ1) is 13.5. The van der Waals surface area contributed by atoms with Crippen LogP contribution >= 0.6 is 0 Å². The molecule has 0 aliphatic carbocycles. The first-order valence-electron chi connectivity index (χ1n) is 6.43. The van der Waals surface area contributed by atoms with Crippen LogP contribution in [0.15, 0.2) is 0 Å². The number of nitrogens with two attached hydrogens (primary N) is 1. The van der Waals surface area contributed by atoms with Gasteiger partial charge >= 0.3 is 0 Å². The van der Waals surface area contributed by atoms with Crippen LogP contribution in [-0.2, 0) is 4.79 Å². The Labute approximate surface area is 98.6 Å². The van der Waals surface area contributed by atoms with E-state index in [0.29, 0.717) is 0 Å².